The normalized spacial score (nSPS) is 14.9. The highest BCUT2D eigenvalue weighted by atomic mass is 16.5. The standard InChI is InChI=1S/C18H27N.C17H19N.C16H16.C15H18O.2C15H14O.C12H14O.C11H16O.C11H16.C10H11NO/c1-11(2)14-6-7-15-9-16-12(3)10-19(5)13(4)18(16)17(15)8-14;1-4-18-16-8-6-5-7-14(16)15-11-13(12(2)3)9-10-17(15)18;1-11(2)12-7-8-14-9-13-5-3-4-6-15(13)16(14)10-12;2*1-10(2)11-7-8-15-13(9-11)12-5-3-4-6-14(12)16-15;1-10(2)11-7-8-13-12-5-3-4-6-14(12)16-15(13)9-11;1-8(2)10-4-5-12-11(7-10)6-9(3)13-12;1-8(2)10-6-5-9(3)11(7-10)12-4;1-8(2)11-6-5-9(3)10(4)7-11;1-7(2)8-3-4-10-9(5-8)11-6-12-10/h6-8,11-13,16,18H,9-10H2,1-5H3;5-12H,4H2,1-3H3;3-8,10-11H,9H2,1-2H3;7-10H,3-6H2,1-2H3;2*3-10H,1-2H3;4-8H,1-3H3;5-8H,1-4H3;5-8H,1-4H3;3-7H,1-2H3. The molecule has 1 saturated heterocycles. The van der Waals surface area contributed by atoms with E-state index in [0.717, 1.165) is 93.2 Å². The van der Waals surface area contributed by atoms with Gasteiger partial charge in [0, 0.05) is 91.2 Å². The van der Waals surface area contributed by atoms with Gasteiger partial charge in [-0.25, -0.2) is 4.98 Å². The number of fused-ring (bicyclic) bond motifs is 20. The van der Waals surface area contributed by atoms with Crippen molar-refractivity contribution in [3.63, 3.8) is 0 Å². The van der Waals surface area contributed by atoms with Gasteiger partial charge < -0.3 is 36.3 Å². The van der Waals surface area contributed by atoms with Crippen LogP contribution in [0.15, 0.2) is 314 Å². The summed E-state index contributed by atoms with van der Waals surface area (Å²) in [4.78, 5) is 6.65. The van der Waals surface area contributed by atoms with Crippen LogP contribution in [-0.2, 0) is 32.2 Å². The Bertz CT molecular complexity index is 7880. The lowest BCUT2D eigenvalue weighted by molar-refractivity contribution is 0.0857. The van der Waals surface area contributed by atoms with E-state index in [1.54, 1.807) is 18.2 Å². The summed E-state index contributed by atoms with van der Waals surface area (Å²) in [5.74, 6) is 11.5. The smallest absolute Gasteiger partial charge is 0.181 e. The highest BCUT2D eigenvalue weighted by Crippen LogP contribution is 2.50. The van der Waals surface area contributed by atoms with Crippen molar-refractivity contribution in [2.45, 2.75) is 303 Å². The Labute approximate surface area is 889 Å². The van der Waals surface area contributed by atoms with E-state index < -0.39 is 0 Å². The summed E-state index contributed by atoms with van der Waals surface area (Å²) in [6.45, 7) is 62.2. The van der Waals surface area contributed by atoms with E-state index >= 15 is 0 Å². The predicted octanol–water partition coefficient (Wildman–Crippen LogP) is 40.6. The first-order valence-electron chi connectivity index (χ1n) is 55.4. The molecule has 149 heavy (non-hydrogen) atoms. The maximum Gasteiger partial charge on any atom is 0.181 e. The number of aryl methyl sites for hydroxylation is 7. The lowest BCUT2D eigenvalue weighted by Crippen LogP contribution is -2.46. The summed E-state index contributed by atoms with van der Waals surface area (Å²) in [6.07, 6.45) is 8.80. The van der Waals surface area contributed by atoms with Crippen LogP contribution in [-0.4, -0.2) is 41.2 Å². The van der Waals surface area contributed by atoms with Crippen LogP contribution in [0.5, 0.6) is 5.75 Å². The fourth-order valence-electron chi connectivity index (χ4n) is 21.5. The number of nitrogens with zero attached hydrogens (tertiary/aromatic N) is 3. The third-order valence-electron chi connectivity index (χ3n) is 31.3. The molecule has 24 rings (SSSR count). The number of oxazole rings is 1. The Morgan fingerprint density at radius 2 is 0.799 bits per heavy atom. The van der Waals surface area contributed by atoms with Gasteiger partial charge in [0.2, 0.25) is 0 Å². The van der Waals surface area contributed by atoms with Crippen LogP contribution >= 0.6 is 0 Å². The molecule has 0 bridgehead atoms. The number of likely N-dealkylation sites (tertiary alicyclic amines) is 1. The minimum atomic E-state index is 0.539. The maximum atomic E-state index is 5.93. The van der Waals surface area contributed by atoms with Crippen LogP contribution in [0.2, 0.25) is 0 Å². The summed E-state index contributed by atoms with van der Waals surface area (Å²) < 4.78 is 35.8. The van der Waals surface area contributed by atoms with Gasteiger partial charge in [-0.15, -0.1) is 0 Å². The van der Waals surface area contributed by atoms with Crippen molar-refractivity contribution in [3.05, 3.63) is 403 Å². The molecule has 9 heteroatoms. The summed E-state index contributed by atoms with van der Waals surface area (Å²) in [6, 6.07) is 103. The molecule has 7 heterocycles. The Kier molecular flexibility index (Phi) is 36.5. The summed E-state index contributed by atoms with van der Waals surface area (Å²) >= 11 is 0. The second-order valence-electron chi connectivity index (χ2n) is 45.3. The molecule has 4 unspecified atom stereocenters. The van der Waals surface area contributed by atoms with Gasteiger partial charge in [-0.05, 0) is 354 Å². The minimum Gasteiger partial charge on any atom is -0.496 e. The molecule has 20 aromatic rings. The van der Waals surface area contributed by atoms with Crippen LogP contribution < -0.4 is 4.74 Å². The molecule has 3 aliphatic carbocycles. The van der Waals surface area contributed by atoms with E-state index in [1.807, 2.05) is 43.3 Å². The van der Waals surface area contributed by atoms with Crippen molar-refractivity contribution in [3.8, 4) is 16.9 Å². The number of rotatable bonds is 12. The summed E-state index contributed by atoms with van der Waals surface area (Å²) in [7, 11) is 4.01. The third kappa shape index (κ3) is 26.1. The summed E-state index contributed by atoms with van der Waals surface area (Å²) in [5, 5.41) is 10.2. The molecule has 14 aromatic carbocycles. The van der Waals surface area contributed by atoms with E-state index in [9.17, 15) is 0 Å². The zero-order chi connectivity index (χ0) is 106. The van der Waals surface area contributed by atoms with Gasteiger partial charge in [0.1, 0.15) is 56.3 Å². The van der Waals surface area contributed by atoms with Crippen molar-refractivity contribution >= 4 is 98.7 Å². The molecule has 1 fully saturated rings. The molecular weight excluding hydrogens is 1820 g/mol. The Morgan fingerprint density at radius 3 is 1.42 bits per heavy atom. The molecule has 0 N–H and O–H groups in total. The number of methoxy groups -OCH3 is 1. The number of piperidine rings is 1. The van der Waals surface area contributed by atoms with Gasteiger partial charge in [0.15, 0.2) is 12.0 Å². The first-order chi connectivity index (χ1) is 71.4. The molecule has 0 radical (unpaired) electrons. The molecule has 776 valence electrons. The van der Waals surface area contributed by atoms with E-state index in [2.05, 4.69) is 450 Å². The molecule has 6 aromatic heterocycles. The predicted molar refractivity (Wildman–Crippen MR) is 637 cm³/mol. The molecule has 4 aliphatic rings. The molecule has 9 nitrogen and oxygen atoms in total. The lowest BCUT2D eigenvalue weighted by atomic mass is 9.75. The third-order valence-corrected chi connectivity index (χ3v) is 31.3. The molecular formula is C140H165N3O6. The van der Waals surface area contributed by atoms with E-state index in [4.69, 9.17) is 26.8 Å². The molecule has 0 amide bonds. The van der Waals surface area contributed by atoms with Crippen molar-refractivity contribution in [2.24, 2.45) is 11.8 Å². The molecule has 4 atom stereocenters. The van der Waals surface area contributed by atoms with E-state index in [0.29, 0.717) is 65.2 Å². The van der Waals surface area contributed by atoms with Crippen molar-refractivity contribution < 1.29 is 26.8 Å². The number of aromatic nitrogens is 2. The van der Waals surface area contributed by atoms with Crippen LogP contribution in [0.4, 0.5) is 0 Å². The van der Waals surface area contributed by atoms with E-state index in [-0.39, 0.29) is 0 Å². The van der Waals surface area contributed by atoms with Gasteiger partial charge >= 0.3 is 0 Å². The number of furan rings is 4. The topological polar surface area (TPSA) is 96.0 Å². The number of ether oxygens (including phenoxy) is 1. The Hall–Kier alpha value is -13.2. The minimum absolute atomic E-state index is 0.539. The zero-order valence-electron chi connectivity index (χ0n) is 94.7. The number of benzene rings is 14. The quantitative estimate of drug-likeness (QED) is 0.119. The first kappa shape index (κ1) is 110. The van der Waals surface area contributed by atoms with Gasteiger partial charge in [-0.3, -0.25) is 0 Å². The molecule has 1 aliphatic heterocycles. The molecule has 0 spiro atoms. The number of hydrogen-bond donors (Lipinski definition) is 0. The van der Waals surface area contributed by atoms with Crippen LogP contribution in [0.1, 0.15) is 349 Å². The fraction of sp³-hybridized carbons (Fsp3) is 0.364. The van der Waals surface area contributed by atoms with Gasteiger partial charge in [0.25, 0.3) is 0 Å². The van der Waals surface area contributed by atoms with Gasteiger partial charge in [-0.2, -0.15) is 0 Å². The lowest BCUT2D eigenvalue weighted by Gasteiger charge is -2.43. The van der Waals surface area contributed by atoms with Gasteiger partial charge in [-0.1, -0.05) is 333 Å². The largest absolute Gasteiger partial charge is 0.496 e. The van der Waals surface area contributed by atoms with Crippen LogP contribution in [0.3, 0.4) is 0 Å². The van der Waals surface area contributed by atoms with Crippen LogP contribution in [0.25, 0.3) is 110 Å². The maximum absolute atomic E-state index is 5.93. The average Bonchev–Trinajstić information content (AvgIpc) is 1.62. The zero-order valence-corrected chi connectivity index (χ0v) is 94.7. The number of likely N-dealkylation sites (N-methyl/N-ethyl adjacent to an activating group) is 1. The first-order valence-corrected chi connectivity index (χ1v) is 55.4. The van der Waals surface area contributed by atoms with Crippen LogP contribution in [0, 0.1) is 39.5 Å². The number of para-hydroxylation sites is 3. The summed E-state index contributed by atoms with van der Waals surface area (Å²) in [5.41, 5.74) is 38.9. The second-order valence-corrected chi connectivity index (χ2v) is 45.3. The fourth-order valence-corrected chi connectivity index (χ4v) is 21.5. The highest BCUT2D eigenvalue weighted by Gasteiger charge is 2.44. The number of hydrogen-bond acceptors (Lipinski definition) is 8. The Morgan fingerprint density at radius 1 is 0.349 bits per heavy atom. The monoisotopic (exact) mass is 1980 g/mol. The van der Waals surface area contributed by atoms with Gasteiger partial charge in [0.05, 0.1) is 7.11 Å². The highest BCUT2D eigenvalue weighted by molar-refractivity contribution is 6.09. The van der Waals surface area contributed by atoms with Crippen molar-refractivity contribution in [1.82, 2.24) is 14.5 Å². The van der Waals surface area contributed by atoms with Crippen molar-refractivity contribution in [2.75, 3.05) is 20.7 Å². The average molecular weight is 1990 g/mol. The molecule has 0 saturated carbocycles. The second kappa shape index (κ2) is 49.5. The Balaban J connectivity index is 0.000000124. The van der Waals surface area contributed by atoms with E-state index in [1.165, 1.54) is 199 Å². The van der Waals surface area contributed by atoms with Crippen molar-refractivity contribution in [1.29, 1.82) is 0 Å². The SMILES string of the molecule is CC(C)c1ccc2c(c1)-c1ccccc1C2.CC(C)c1ccc2c(c1)C1C(C2)C(C)CN(C)C1C.CC(C)c1ccc2c(c1)oc1ccccc12.CC(C)c1ccc2oc3c(c2c1)CCCC3.CC(C)c1ccc2oc3ccccc3c2c1.CC(C)c1ccc2ocnc2c1.CCn1c2ccccc2c2cc(C(C)C)ccc21.COc1cc(C(C)C)ccc1C.Cc1cc2cc(C(C)C)ccc2o1.Cc1ccc(C(C)C)cc1C.